The Morgan fingerprint density at radius 3 is 2.65 bits per heavy atom. The number of anilines is 2. The number of imidazole rings is 1. The number of aliphatic hydroxyl groups is 1. The number of rotatable bonds is 5. The number of fused-ring (bicyclic) bond motifs is 1. The average molecular weight is 498 g/mol. The highest BCUT2D eigenvalue weighted by atomic mass is 16.3. The summed E-state index contributed by atoms with van der Waals surface area (Å²) < 4.78 is 2.08. The lowest BCUT2D eigenvalue weighted by Gasteiger charge is -2.37. The van der Waals surface area contributed by atoms with E-state index < -0.39 is 6.10 Å². The Balaban J connectivity index is 1.07. The summed E-state index contributed by atoms with van der Waals surface area (Å²) in [6.45, 7) is 1.55. The number of β-amino-alcohol motifs (C(OH)–C–C–N with tert-alkyl or cyclic N) is 1. The van der Waals surface area contributed by atoms with Gasteiger partial charge in [0.15, 0.2) is 0 Å². The third-order valence-electron chi connectivity index (χ3n) is 7.46. The molecule has 7 rings (SSSR count). The van der Waals surface area contributed by atoms with Gasteiger partial charge in [0.1, 0.15) is 29.4 Å². The molecular formula is C26H27N9O2. The van der Waals surface area contributed by atoms with Crippen molar-refractivity contribution in [3.63, 3.8) is 0 Å². The largest absolute Gasteiger partial charge is 0.391 e. The van der Waals surface area contributed by atoms with Crippen LogP contribution in [-0.2, 0) is 0 Å². The minimum absolute atomic E-state index is 0.125. The fourth-order valence-corrected chi connectivity index (χ4v) is 5.28. The Bertz CT molecular complexity index is 1450. The SMILES string of the molecule is O=C(Nc1cc(N2C[C@@H](O)C[C@@H]2c2cn3cc(C4CC4)ccc3n2)ncn1)N1CC(c2ncccn2)C1. The summed E-state index contributed by atoms with van der Waals surface area (Å²) in [5, 5.41) is 13.4. The fourth-order valence-electron chi connectivity index (χ4n) is 5.28. The van der Waals surface area contributed by atoms with Crippen LogP contribution in [0, 0.1) is 0 Å². The van der Waals surface area contributed by atoms with Crippen molar-refractivity contribution in [2.24, 2.45) is 0 Å². The highest BCUT2D eigenvalue weighted by Gasteiger charge is 2.36. The van der Waals surface area contributed by atoms with Crippen LogP contribution in [0.25, 0.3) is 5.65 Å². The minimum Gasteiger partial charge on any atom is -0.391 e. The number of amides is 2. The molecule has 0 aromatic carbocycles. The molecule has 0 radical (unpaired) electrons. The summed E-state index contributed by atoms with van der Waals surface area (Å²) in [6.07, 6.45) is 11.7. The van der Waals surface area contributed by atoms with Crippen molar-refractivity contribution < 1.29 is 9.90 Å². The smallest absolute Gasteiger partial charge is 0.323 e. The zero-order valence-electron chi connectivity index (χ0n) is 20.2. The number of aliphatic hydroxyl groups excluding tert-OH is 1. The Morgan fingerprint density at radius 2 is 1.84 bits per heavy atom. The lowest BCUT2D eigenvalue weighted by Crippen LogP contribution is -2.50. The van der Waals surface area contributed by atoms with Gasteiger partial charge in [0.2, 0.25) is 0 Å². The fraction of sp³-hybridized carbons (Fsp3) is 0.385. The second-order valence-electron chi connectivity index (χ2n) is 10.1. The molecule has 2 N–H and O–H groups in total. The first kappa shape index (κ1) is 22.1. The van der Waals surface area contributed by atoms with Crippen LogP contribution in [-0.4, -0.2) is 71.1 Å². The van der Waals surface area contributed by atoms with E-state index >= 15 is 0 Å². The number of pyridine rings is 1. The topological polar surface area (TPSA) is 125 Å². The van der Waals surface area contributed by atoms with Gasteiger partial charge in [-0.1, -0.05) is 6.07 Å². The van der Waals surface area contributed by atoms with E-state index in [0.717, 1.165) is 17.2 Å². The van der Waals surface area contributed by atoms with Crippen molar-refractivity contribution in [3.05, 3.63) is 72.5 Å². The molecule has 3 fully saturated rings. The maximum atomic E-state index is 12.8. The van der Waals surface area contributed by atoms with Crippen LogP contribution in [0.2, 0.25) is 0 Å². The van der Waals surface area contributed by atoms with E-state index in [0.29, 0.717) is 43.6 Å². The monoisotopic (exact) mass is 497 g/mol. The van der Waals surface area contributed by atoms with Gasteiger partial charge in [-0.05, 0) is 36.5 Å². The lowest BCUT2D eigenvalue weighted by atomic mass is 10.00. The van der Waals surface area contributed by atoms with Crippen LogP contribution in [0.4, 0.5) is 16.4 Å². The molecule has 0 spiro atoms. The van der Waals surface area contributed by atoms with Crippen LogP contribution in [0.5, 0.6) is 0 Å². The predicted molar refractivity (Wildman–Crippen MR) is 135 cm³/mol. The molecule has 2 atom stereocenters. The molecule has 4 aromatic heterocycles. The zero-order valence-corrected chi connectivity index (χ0v) is 20.2. The number of likely N-dealkylation sites (tertiary alicyclic amines) is 1. The van der Waals surface area contributed by atoms with Gasteiger partial charge in [-0.2, -0.15) is 0 Å². The van der Waals surface area contributed by atoms with E-state index in [1.54, 1.807) is 29.4 Å². The van der Waals surface area contributed by atoms with Gasteiger partial charge in [-0.3, -0.25) is 5.32 Å². The third kappa shape index (κ3) is 4.25. The number of carbonyl (C=O) groups is 1. The molecule has 6 heterocycles. The lowest BCUT2D eigenvalue weighted by molar-refractivity contribution is 0.160. The maximum absolute atomic E-state index is 12.8. The van der Waals surface area contributed by atoms with Gasteiger partial charge < -0.3 is 19.3 Å². The van der Waals surface area contributed by atoms with Crippen molar-refractivity contribution >= 4 is 23.3 Å². The number of hydrogen-bond acceptors (Lipinski definition) is 8. The first-order chi connectivity index (χ1) is 18.1. The van der Waals surface area contributed by atoms with Crippen molar-refractivity contribution in [3.8, 4) is 0 Å². The highest BCUT2D eigenvalue weighted by molar-refractivity contribution is 5.89. The van der Waals surface area contributed by atoms with Gasteiger partial charge in [-0.25, -0.2) is 29.7 Å². The molecule has 3 aliphatic rings. The second-order valence-corrected chi connectivity index (χ2v) is 10.1. The molecule has 11 heteroatoms. The van der Waals surface area contributed by atoms with Crippen LogP contribution in [0.15, 0.2) is 55.4 Å². The molecule has 11 nitrogen and oxygen atoms in total. The summed E-state index contributed by atoms with van der Waals surface area (Å²) in [5.41, 5.74) is 3.13. The summed E-state index contributed by atoms with van der Waals surface area (Å²) in [7, 11) is 0. The van der Waals surface area contributed by atoms with Gasteiger partial charge in [0.05, 0.1) is 23.8 Å². The predicted octanol–water partition coefficient (Wildman–Crippen LogP) is 2.74. The number of nitrogens with one attached hydrogen (secondary N) is 1. The third-order valence-corrected chi connectivity index (χ3v) is 7.46. The molecule has 2 saturated heterocycles. The number of carbonyl (C=O) groups excluding carboxylic acids is 1. The number of aromatic nitrogens is 6. The average Bonchev–Trinajstić information content (AvgIpc) is 3.52. The van der Waals surface area contributed by atoms with E-state index in [9.17, 15) is 9.90 Å². The van der Waals surface area contributed by atoms with Gasteiger partial charge >= 0.3 is 6.03 Å². The van der Waals surface area contributed by atoms with Crippen molar-refractivity contribution in [2.75, 3.05) is 29.9 Å². The first-order valence-electron chi connectivity index (χ1n) is 12.7. The quantitative estimate of drug-likeness (QED) is 0.431. The summed E-state index contributed by atoms with van der Waals surface area (Å²) in [4.78, 5) is 38.6. The number of hydrogen-bond donors (Lipinski definition) is 2. The van der Waals surface area contributed by atoms with E-state index in [4.69, 9.17) is 4.98 Å². The summed E-state index contributed by atoms with van der Waals surface area (Å²) >= 11 is 0. The van der Waals surface area contributed by atoms with E-state index in [1.165, 1.54) is 24.7 Å². The van der Waals surface area contributed by atoms with Crippen molar-refractivity contribution in [1.82, 2.24) is 34.2 Å². The Hall–Kier alpha value is -4.12. The highest BCUT2D eigenvalue weighted by Crippen LogP contribution is 2.40. The normalized spacial score (nSPS) is 21.9. The molecule has 1 aliphatic carbocycles. The molecule has 37 heavy (non-hydrogen) atoms. The Morgan fingerprint density at radius 1 is 1.00 bits per heavy atom. The van der Waals surface area contributed by atoms with Gasteiger partial charge in [0.25, 0.3) is 0 Å². The van der Waals surface area contributed by atoms with Crippen LogP contribution < -0.4 is 10.2 Å². The molecule has 2 amide bonds. The van der Waals surface area contributed by atoms with E-state index in [1.807, 2.05) is 4.90 Å². The van der Waals surface area contributed by atoms with E-state index in [2.05, 4.69) is 54.2 Å². The molecular weight excluding hydrogens is 470 g/mol. The van der Waals surface area contributed by atoms with Crippen molar-refractivity contribution in [1.29, 1.82) is 0 Å². The number of nitrogens with zero attached hydrogens (tertiary/aromatic N) is 8. The first-order valence-corrected chi connectivity index (χ1v) is 12.7. The van der Waals surface area contributed by atoms with Gasteiger partial charge in [-0.15, -0.1) is 0 Å². The summed E-state index contributed by atoms with van der Waals surface area (Å²) in [5.74, 6) is 2.62. The van der Waals surface area contributed by atoms with Crippen molar-refractivity contribution in [2.45, 2.75) is 43.2 Å². The molecule has 2 aliphatic heterocycles. The standard InChI is InChI=1S/C26H27N9O2/c36-19-8-21(20-14-33-10-17(16-2-3-16)4-5-23(33)31-20)35(13-19)24-9-22(29-15-30-24)32-26(37)34-11-18(12-34)25-27-6-1-7-28-25/h1,4-7,9-10,14-16,18-19,21,36H,2-3,8,11-13H2,(H,29,30,32,37)/t19-,21+/m0/s1. The molecule has 4 aromatic rings. The van der Waals surface area contributed by atoms with Crippen LogP contribution in [0.3, 0.4) is 0 Å². The van der Waals surface area contributed by atoms with E-state index in [-0.39, 0.29) is 18.0 Å². The Labute approximate surface area is 213 Å². The van der Waals surface area contributed by atoms with Gasteiger partial charge in [0, 0.05) is 56.9 Å². The summed E-state index contributed by atoms with van der Waals surface area (Å²) in [6, 6.07) is 7.42. The minimum atomic E-state index is -0.497. The molecule has 0 unspecified atom stereocenters. The number of urea groups is 1. The zero-order chi connectivity index (χ0) is 24.9. The maximum Gasteiger partial charge on any atom is 0.323 e. The second kappa shape index (κ2) is 8.77. The molecule has 1 saturated carbocycles. The molecule has 0 bridgehead atoms. The van der Waals surface area contributed by atoms with Crippen LogP contribution >= 0.6 is 0 Å². The molecule has 188 valence electrons. The Kier molecular flexibility index (Phi) is 5.24. The van der Waals surface area contributed by atoms with Crippen LogP contribution in [0.1, 0.15) is 54.2 Å².